The Labute approximate surface area is 105 Å². The van der Waals surface area contributed by atoms with E-state index in [1.165, 1.54) is 50.0 Å². The van der Waals surface area contributed by atoms with E-state index < -0.39 is 0 Å². The smallest absolute Gasteiger partial charge is 0.0161 e. The van der Waals surface area contributed by atoms with Gasteiger partial charge in [-0.15, -0.1) is 0 Å². The molecule has 94 valence electrons. The number of hydrogen-bond acceptors (Lipinski definition) is 2. The van der Waals surface area contributed by atoms with Crippen LogP contribution in [0.2, 0.25) is 0 Å². The van der Waals surface area contributed by atoms with Crippen molar-refractivity contribution in [2.24, 2.45) is 11.8 Å². The first-order valence-corrected chi connectivity index (χ1v) is 8.25. The fourth-order valence-corrected chi connectivity index (χ4v) is 4.24. The summed E-state index contributed by atoms with van der Waals surface area (Å²) in [7, 11) is 0. The van der Waals surface area contributed by atoms with Crippen LogP contribution in [0.4, 0.5) is 0 Å². The Hall–Kier alpha value is 0.310. The zero-order valence-electron chi connectivity index (χ0n) is 10.9. The lowest BCUT2D eigenvalue weighted by Crippen LogP contribution is -2.43. The van der Waals surface area contributed by atoms with Crippen LogP contribution in [0.25, 0.3) is 0 Å². The predicted octanol–water partition coefficient (Wildman–Crippen LogP) is 3.69. The summed E-state index contributed by atoms with van der Waals surface area (Å²) in [4.78, 5) is 0. The second kappa shape index (κ2) is 6.30. The molecule has 0 aromatic carbocycles. The van der Waals surface area contributed by atoms with E-state index in [0.717, 1.165) is 23.9 Å². The summed E-state index contributed by atoms with van der Waals surface area (Å²) in [5, 5.41) is 3.90. The maximum absolute atomic E-state index is 3.90. The van der Waals surface area contributed by atoms with Gasteiger partial charge in [-0.1, -0.05) is 13.8 Å². The van der Waals surface area contributed by atoms with Crippen molar-refractivity contribution < 1.29 is 0 Å². The fraction of sp³-hybridized carbons (Fsp3) is 1.00. The minimum absolute atomic E-state index is 0.819. The SMILES string of the molecule is CC(C)C1CCC(NC2CCCSC2)CC1. The molecule has 1 aliphatic heterocycles. The Morgan fingerprint density at radius 3 is 2.31 bits per heavy atom. The molecule has 1 atom stereocenters. The third kappa shape index (κ3) is 3.66. The second-order valence-corrected chi connectivity index (χ2v) is 7.09. The first-order chi connectivity index (χ1) is 7.75. The highest BCUT2D eigenvalue weighted by Crippen LogP contribution is 2.30. The number of hydrogen-bond donors (Lipinski definition) is 1. The van der Waals surface area contributed by atoms with Crippen LogP contribution in [0.3, 0.4) is 0 Å². The summed E-state index contributed by atoms with van der Waals surface area (Å²) >= 11 is 2.13. The molecule has 16 heavy (non-hydrogen) atoms. The Balaban J connectivity index is 1.68. The predicted molar refractivity (Wildman–Crippen MR) is 74.1 cm³/mol. The van der Waals surface area contributed by atoms with E-state index in [0.29, 0.717) is 0 Å². The largest absolute Gasteiger partial charge is 0.310 e. The average Bonchev–Trinajstić information content (AvgIpc) is 2.31. The van der Waals surface area contributed by atoms with Gasteiger partial charge in [0.05, 0.1) is 0 Å². The standard InChI is InChI=1S/C14H27NS/c1-11(2)12-5-7-13(8-6-12)15-14-4-3-9-16-10-14/h11-15H,3-10H2,1-2H3. The summed E-state index contributed by atoms with van der Waals surface area (Å²) in [6, 6.07) is 1.65. The molecule has 0 radical (unpaired) electrons. The van der Waals surface area contributed by atoms with Crippen LogP contribution in [-0.4, -0.2) is 23.6 Å². The molecule has 1 N–H and O–H groups in total. The molecule has 1 unspecified atom stereocenters. The quantitative estimate of drug-likeness (QED) is 0.809. The zero-order chi connectivity index (χ0) is 11.4. The van der Waals surface area contributed by atoms with Crippen LogP contribution in [0, 0.1) is 11.8 Å². The zero-order valence-corrected chi connectivity index (χ0v) is 11.7. The third-order valence-corrected chi connectivity index (χ3v) is 5.56. The third-order valence-electron chi connectivity index (χ3n) is 4.35. The van der Waals surface area contributed by atoms with Crippen molar-refractivity contribution in [1.29, 1.82) is 0 Å². The van der Waals surface area contributed by atoms with Crippen molar-refractivity contribution in [2.45, 2.75) is 64.5 Å². The van der Waals surface area contributed by atoms with Crippen molar-refractivity contribution in [3.8, 4) is 0 Å². The van der Waals surface area contributed by atoms with Crippen molar-refractivity contribution in [1.82, 2.24) is 5.32 Å². The molecule has 1 saturated heterocycles. The van der Waals surface area contributed by atoms with Gasteiger partial charge in [0.1, 0.15) is 0 Å². The van der Waals surface area contributed by atoms with Crippen molar-refractivity contribution >= 4 is 11.8 Å². The van der Waals surface area contributed by atoms with Crippen molar-refractivity contribution in [3.63, 3.8) is 0 Å². The number of rotatable bonds is 3. The van der Waals surface area contributed by atoms with Gasteiger partial charge in [0.15, 0.2) is 0 Å². The molecule has 0 amide bonds. The molecule has 1 nitrogen and oxygen atoms in total. The van der Waals surface area contributed by atoms with E-state index in [9.17, 15) is 0 Å². The van der Waals surface area contributed by atoms with E-state index in [1.807, 2.05) is 0 Å². The summed E-state index contributed by atoms with van der Waals surface area (Å²) in [6.45, 7) is 4.77. The van der Waals surface area contributed by atoms with Crippen LogP contribution >= 0.6 is 11.8 Å². The van der Waals surface area contributed by atoms with Crippen LogP contribution < -0.4 is 5.32 Å². The minimum atomic E-state index is 0.819. The molecule has 1 aliphatic carbocycles. The van der Waals surface area contributed by atoms with Gasteiger partial charge in [-0.2, -0.15) is 11.8 Å². The van der Waals surface area contributed by atoms with Crippen LogP contribution in [0.5, 0.6) is 0 Å². The van der Waals surface area contributed by atoms with Gasteiger partial charge in [-0.05, 0) is 56.1 Å². The Morgan fingerprint density at radius 1 is 1.00 bits per heavy atom. The van der Waals surface area contributed by atoms with Gasteiger partial charge in [0.2, 0.25) is 0 Å². The van der Waals surface area contributed by atoms with E-state index in [-0.39, 0.29) is 0 Å². The highest BCUT2D eigenvalue weighted by molar-refractivity contribution is 7.99. The summed E-state index contributed by atoms with van der Waals surface area (Å²) in [5.74, 6) is 4.63. The van der Waals surface area contributed by atoms with Gasteiger partial charge in [-0.3, -0.25) is 0 Å². The molecule has 0 aromatic rings. The highest BCUT2D eigenvalue weighted by atomic mass is 32.2. The molecule has 1 saturated carbocycles. The molecule has 0 spiro atoms. The van der Waals surface area contributed by atoms with Gasteiger partial charge < -0.3 is 5.32 Å². The molecule has 0 bridgehead atoms. The summed E-state index contributed by atoms with van der Waals surface area (Å²) in [5.41, 5.74) is 0. The van der Waals surface area contributed by atoms with Gasteiger partial charge >= 0.3 is 0 Å². The van der Waals surface area contributed by atoms with Gasteiger partial charge in [0, 0.05) is 17.8 Å². The Morgan fingerprint density at radius 2 is 1.75 bits per heavy atom. The van der Waals surface area contributed by atoms with E-state index in [2.05, 4.69) is 30.9 Å². The first-order valence-electron chi connectivity index (χ1n) is 7.09. The molecular weight excluding hydrogens is 214 g/mol. The van der Waals surface area contributed by atoms with E-state index in [1.54, 1.807) is 0 Å². The lowest BCUT2D eigenvalue weighted by atomic mass is 9.79. The molecule has 2 heteroatoms. The maximum Gasteiger partial charge on any atom is 0.0161 e. The van der Waals surface area contributed by atoms with Gasteiger partial charge in [0.25, 0.3) is 0 Å². The highest BCUT2D eigenvalue weighted by Gasteiger charge is 2.25. The number of nitrogens with one attached hydrogen (secondary N) is 1. The van der Waals surface area contributed by atoms with Crippen LogP contribution in [0.15, 0.2) is 0 Å². The topological polar surface area (TPSA) is 12.0 Å². The van der Waals surface area contributed by atoms with E-state index in [4.69, 9.17) is 0 Å². The molecule has 0 aromatic heterocycles. The number of thioether (sulfide) groups is 1. The molecule has 2 rings (SSSR count). The summed E-state index contributed by atoms with van der Waals surface area (Å²) < 4.78 is 0. The first kappa shape index (κ1) is 12.8. The summed E-state index contributed by atoms with van der Waals surface area (Å²) in [6.07, 6.45) is 8.58. The normalized spacial score (nSPS) is 36.6. The van der Waals surface area contributed by atoms with Crippen molar-refractivity contribution in [2.75, 3.05) is 11.5 Å². The molecule has 2 fully saturated rings. The molecular formula is C14H27NS. The molecule has 2 aliphatic rings. The lowest BCUT2D eigenvalue weighted by molar-refractivity contribution is 0.229. The minimum Gasteiger partial charge on any atom is -0.310 e. The lowest BCUT2D eigenvalue weighted by Gasteiger charge is -2.34. The van der Waals surface area contributed by atoms with Crippen molar-refractivity contribution in [3.05, 3.63) is 0 Å². The maximum atomic E-state index is 3.90. The Bertz CT molecular complexity index is 191. The molecule has 1 heterocycles. The van der Waals surface area contributed by atoms with Gasteiger partial charge in [-0.25, -0.2) is 0 Å². The monoisotopic (exact) mass is 241 g/mol. The average molecular weight is 241 g/mol. The fourth-order valence-electron chi connectivity index (χ4n) is 3.16. The van der Waals surface area contributed by atoms with E-state index >= 15 is 0 Å². The van der Waals surface area contributed by atoms with Crippen LogP contribution in [0.1, 0.15) is 52.4 Å². The second-order valence-electron chi connectivity index (χ2n) is 5.94. The Kier molecular flexibility index (Phi) is 5.02. The van der Waals surface area contributed by atoms with Crippen LogP contribution in [-0.2, 0) is 0 Å².